The summed E-state index contributed by atoms with van der Waals surface area (Å²) in [6.07, 6.45) is 15.0. The van der Waals surface area contributed by atoms with E-state index in [0.717, 1.165) is 12.5 Å². The van der Waals surface area contributed by atoms with Crippen LogP contribution in [0.15, 0.2) is 23.9 Å². The summed E-state index contributed by atoms with van der Waals surface area (Å²) in [5.74, 6) is 0.842. The van der Waals surface area contributed by atoms with E-state index in [0.29, 0.717) is 0 Å². The number of rotatable bonds is 1. The maximum atomic E-state index is 4.19. The van der Waals surface area contributed by atoms with Crippen LogP contribution in [0.5, 0.6) is 0 Å². The van der Waals surface area contributed by atoms with Crippen molar-refractivity contribution >= 4 is 0 Å². The molecule has 71 valence electrons. The van der Waals surface area contributed by atoms with Crippen LogP contribution in [0.3, 0.4) is 0 Å². The third kappa shape index (κ3) is 2.36. The first-order valence-corrected chi connectivity index (χ1v) is 5.50. The molecule has 2 rings (SSSR count). The van der Waals surface area contributed by atoms with Gasteiger partial charge in [0.15, 0.2) is 0 Å². The molecule has 1 aliphatic heterocycles. The van der Waals surface area contributed by atoms with Gasteiger partial charge in [0.05, 0.1) is 6.54 Å². The highest BCUT2D eigenvalue weighted by atomic mass is 14.8. The molecule has 1 heterocycles. The predicted molar refractivity (Wildman–Crippen MR) is 55.4 cm³/mol. The minimum Gasteiger partial charge on any atom is -0.289 e. The van der Waals surface area contributed by atoms with Gasteiger partial charge in [-0.15, -0.1) is 0 Å². The van der Waals surface area contributed by atoms with Crippen molar-refractivity contribution < 1.29 is 0 Å². The summed E-state index contributed by atoms with van der Waals surface area (Å²) in [5.41, 5.74) is 1.55. The molecule has 0 spiro atoms. The van der Waals surface area contributed by atoms with Gasteiger partial charge in [-0.25, -0.2) is 0 Å². The Morgan fingerprint density at radius 2 is 1.85 bits per heavy atom. The van der Waals surface area contributed by atoms with Gasteiger partial charge < -0.3 is 0 Å². The van der Waals surface area contributed by atoms with Gasteiger partial charge in [0.1, 0.15) is 0 Å². The first-order chi connectivity index (χ1) is 6.47. The quantitative estimate of drug-likeness (QED) is 0.545. The molecule has 0 aromatic carbocycles. The molecule has 0 aromatic rings. The average molecular weight is 176 g/mol. The Morgan fingerprint density at radius 3 is 2.46 bits per heavy atom. The van der Waals surface area contributed by atoms with Crippen molar-refractivity contribution in [2.24, 2.45) is 5.92 Å². The van der Waals surface area contributed by atoms with Crippen molar-refractivity contribution in [1.82, 2.24) is 5.32 Å². The van der Waals surface area contributed by atoms with E-state index < -0.39 is 0 Å². The highest BCUT2D eigenvalue weighted by Crippen LogP contribution is 2.29. The fraction of sp³-hybridized carbons (Fsp3) is 0.667. The molecular formula is C12H18N. The Morgan fingerprint density at radius 1 is 1.08 bits per heavy atom. The Balaban J connectivity index is 1.97. The molecule has 1 heteroatoms. The number of allylic oxidation sites excluding steroid dienone is 2. The van der Waals surface area contributed by atoms with Crippen LogP contribution in [0.2, 0.25) is 0 Å². The third-order valence-corrected chi connectivity index (χ3v) is 3.13. The van der Waals surface area contributed by atoms with E-state index >= 15 is 0 Å². The number of hydrogen-bond acceptors (Lipinski definition) is 0. The van der Waals surface area contributed by atoms with E-state index in [9.17, 15) is 0 Å². The molecule has 1 nitrogen and oxygen atoms in total. The van der Waals surface area contributed by atoms with E-state index in [1.165, 1.54) is 38.5 Å². The van der Waals surface area contributed by atoms with Crippen molar-refractivity contribution in [1.29, 1.82) is 0 Å². The molecule has 0 amide bonds. The molecular weight excluding hydrogens is 158 g/mol. The molecule has 0 unspecified atom stereocenters. The van der Waals surface area contributed by atoms with Crippen LogP contribution < -0.4 is 5.32 Å². The molecule has 0 N–H and O–H groups in total. The van der Waals surface area contributed by atoms with Crippen molar-refractivity contribution in [3.05, 3.63) is 23.9 Å². The predicted octanol–water partition coefficient (Wildman–Crippen LogP) is 3.01. The second-order valence-electron chi connectivity index (χ2n) is 4.07. The molecule has 1 radical (unpaired) electrons. The lowest BCUT2D eigenvalue weighted by Gasteiger charge is -2.17. The van der Waals surface area contributed by atoms with Crippen LogP contribution in [0.1, 0.15) is 38.5 Å². The largest absolute Gasteiger partial charge is 0.289 e. The Labute approximate surface area is 80.9 Å². The molecule has 13 heavy (non-hydrogen) atoms. The van der Waals surface area contributed by atoms with Crippen LogP contribution in [0.4, 0.5) is 0 Å². The van der Waals surface area contributed by atoms with Crippen molar-refractivity contribution in [2.45, 2.75) is 38.5 Å². The van der Waals surface area contributed by atoms with Crippen LogP contribution in [0.25, 0.3) is 0 Å². The van der Waals surface area contributed by atoms with Crippen LogP contribution in [-0.2, 0) is 0 Å². The summed E-state index contributed by atoms with van der Waals surface area (Å²) >= 11 is 0. The van der Waals surface area contributed by atoms with E-state index in [1.807, 2.05) is 6.20 Å². The molecule has 0 bridgehead atoms. The van der Waals surface area contributed by atoms with E-state index in [2.05, 4.69) is 17.5 Å². The van der Waals surface area contributed by atoms with Gasteiger partial charge in [0.25, 0.3) is 0 Å². The SMILES string of the molecule is C1=CC(C2CCCCCC2)=CC[N]1. The summed E-state index contributed by atoms with van der Waals surface area (Å²) in [6.45, 7) is 0.905. The maximum absolute atomic E-state index is 4.19. The maximum Gasteiger partial charge on any atom is 0.0576 e. The number of nitrogens with zero attached hydrogens (tertiary/aromatic N) is 1. The molecule has 1 aliphatic carbocycles. The summed E-state index contributed by atoms with van der Waals surface area (Å²) in [4.78, 5) is 0. The van der Waals surface area contributed by atoms with Gasteiger partial charge in [-0.3, -0.25) is 5.32 Å². The first kappa shape index (κ1) is 8.86. The zero-order chi connectivity index (χ0) is 8.93. The van der Waals surface area contributed by atoms with Crippen LogP contribution in [-0.4, -0.2) is 6.54 Å². The van der Waals surface area contributed by atoms with Crippen molar-refractivity contribution in [3.8, 4) is 0 Å². The smallest absolute Gasteiger partial charge is 0.0576 e. The van der Waals surface area contributed by atoms with Crippen molar-refractivity contribution in [3.63, 3.8) is 0 Å². The average Bonchev–Trinajstić information content (AvgIpc) is 2.47. The van der Waals surface area contributed by atoms with Gasteiger partial charge in [-0.2, -0.15) is 0 Å². The highest BCUT2D eigenvalue weighted by Gasteiger charge is 2.15. The summed E-state index contributed by atoms with van der Waals surface area (Å²) in [6, 6.07) is 0. The van der Waals surface area contributed by atoms with E-state index in [1.54, 1.807) is 5.57 Å². The fourth-order valence-corrected chi connectivity index (χ4v) is 2.34. The molecule has 2 aliphatic rings. The Bertz CT molecular complexity index is 207. The molecule has 0 atom stereocenters. The normalized spacial score (nSPS) is 24.8. The zero-order valence-electron chi connectivity index (χ0n) is 8.21. The van der Waals surface area contributed by atoms with Gasteiger partial charge in [-0.1, -0.05) is 31.8 Å². The van der Waals surface area contributed by atoms with Crippen LogP contribution in [0, 0.1) is 5.92 Å². The third-order valence-electron chi connectivity index (χ3n) is 3.13. The van der Waals surface area contributed by atoms with E-state index in [-0.39, 0.29) is 0 Å². The topological polar surface area (TPSA) is 14.1 Å². The lowest BCUT2D eigenvalue weighted by Crippen LogP contribution is -2.08. The molecule has 0 saturated heterocycles. The minimum atomic E-state index is 0.842. The van der Waals surface area contributed by atoms with E-state index in [4.69, 9.17) is 0 Å². The van der Waals surface area contributed by atoms with Gasteiger partial charge in [-0.05, 0) is 30.4 Å². The standard InChI is InChI=1S/C12H18N/c1-2-4-6-11(5-3-1)12-7-9-13-10-8-12/h7-9,11H,1-6,10H2. The lowest BCUT2D eigenvalue weighted by molar-refractivity contribution is 0.536. The molecule has 0 aromatic heterocycles. The second kappa shape index (κ2) is 4.50. The number of hydrogen-bond donors (Lipinski definition) is 0. The summed E-state index contributed by atoms with van der Waals surface area (Å²) < 4.78 is 0. The van der Waals surface area contributed by atoms with Crippen LogP contribution >= 0.6 is 0 Å². The van der Waals surface area contributed by atoms with Crippen molar-refractivity contribution in [2.75, 3.05) is 6.54 Å². The first-order valence-electron chi connectivity index (χ1n) is 5.50. The molecule has 1 saturated carbocycles. The zero-order valence-corrected chi connectivity index (χ0v) is 8.21. The van der Waals surface area contributed by atoms with Gasteiger partial charge >= 0.3 is 0 Å². The van der Waals surface area contributed by atoms with Gasteiger partial charge in [0.2, 0.25) is 0 Å². The Kier molecular flexibility index (Phi) is 3.07. The monoisotopic (exact) mass is 176 g/mol. The molecule has 1 fully saturated rings. The Hall–Kier alpha value is -0.720. The second-order valence-corrected chi connectivity index (χ2v) is 4.07. The lowest BCUT2D eigenvalue weighted by atomic mass is 9.90. The summed E-state index contributed by atoms with van der Waals surface area (Å²) in [5, 5.41) is 4.19. The summed E-state index contributed by atoms with van der Waals surface area (Å²) in [7, 11) is 0. The fourth-order valence-electron chi connectivity index (χ4n) is 2.34. The highest BCUT2D eigenvalue weighted by molar-refractivity contribution is 5.24. The minimum absolute atomic E-state index is 0.842. The van der Waals surface area contributed by atoms with Gasteiger partial charge in [0, 0.05) is 6.20 Å².